The molecule has 0 saturated heterocycles. The average molecular weight is 511 g/mol. The first-order valence-electron chi connectivity index (χ1n) is 11.4. The number of halogens is 6. The number of rotatable bonds is 6. The number of fused-ring (bicyclic) bond motifs is 1. The van der Waals surface area contributed by atoms with Gasteiger partial charge in [0.05, 0.1) is 22.7 Å². The molecule has 2 N–H and O–H groups in total. The van der Waals surface area contributed by atoms with Crippen molar-refractivity contribution in [1.82, 2.24) is 0 Å². The standard InChI is InChI=1S/C25H23F6N3O2/c1-2-11-34-18-6-4-3-5-16(18)20(13-7-8-13)33-21(23(34)36)19(22(32)35)15-10-9-14(24(26,27)28)12-17(15)25(29,30)31/h3-6,9-10,12-13,19,21H,2,7-8,11H2,1H3,(H2,32,35). The molecule has 1 heterocycles. The molecule has 2 aromatic carbocycles. The molecule has 5 nitrogen and oxygen atoms in total. The van der Waals surface area contributed by atoms with Crippen molar-refractivity contribution in [2.24, 2.45) is 16.6 Å². The molecule has 11 heteroatoms. The molecule has 0 spiro atoms. The minimum Gasteiger partial charge on any atom is -0.369 e. The smallest absolute Gasteiger partial charge is 0.369 e. The van der Waals surface area contributed by atoms with E-state index in [0.717, 1.165) is 12.8 Å². The maximum absolute atomic E-state index is 14.0. The van der Waals surface area contributed by atoms with Gasteiger partial charge in [-0.1, -0.05) is 31.2 Å². The highest BCUT2D eigenvalue weighted by Gasteiger charge is 2.46. The van der Waals surface area contributed by atoms with Crippen LogP contribution >= 0.6 is 0 Å². The molecule has 0 radical (unpaired) electrons. The maximum atomic E-state index is 14.0. The van der Waals surface area contributed by atoms with Gasteiger partial charge in [-0.15, -0.1) is 0 Å². The molecule has 4 rings (SSSR count). The predicted molar refractivity (Wildman–Crippen MR) is 121 cm³/mol. The number of amides is 2. The second kappa shape index (κ2) is 9.25. The molecule has 1 aliphatic heterocycles. The van der Waals surface area contributed by atoms with E-state index in [-0.39, 0.29) is 18.5 Å². The molecule has 2 amide bonds. The van der Waals surface area contributed by atoms with Crippen LogP contribution in [0.25, 0.3) is 0 Å². The number of primary amides is 1. The number of benzodiazepines with no additional fused rings is 1. The molecule has 1 aliphatic carbocycles. The van der Waals surface area contributed by atoms with Gasteiger partial charge in [0.15, 0.2) is 0 Å². The lowest BCUT2D eigenvalue weighted by Crippen LogP contribution is -2.45. The second-order valence-electron chi connectivity index (χ2n) is 8.92. The van der Waals surface area contributed by atoms with E-state index in [9.17, 15) is 35.9 Å². The molecule has 2 aromatic rings. The third-order valence-corrected chi connectivity index (χ3v) is 6.32. The number of nitrogens with zero attached hydrogens (tertiary/aromatic N) is 2. The van der Waals surface area contributed by atoms with Gasteiger partial charge in [0, 0.05) is 23.7 Å². The number of anilines is 1. The van der Waals surface area contributed by atoms with E-state index in [1.165, 1.54) is 4.90 Å². The molecule has 2 unspecified atom stereocenters. The van der Waals surface area contributed by atoms with Crippen molar-refractivity contribution in [1.29, 1.82) is 0 Å². The molecule has 1 saturated carbocycles. The average Bonchev–Trinajstić information content (AvgIpc) is 3.63. The molecule has 36 heavy (non-hydrogen) atoms. The van der Waals surface area contributed by atoms with Gasteiger partial charge in [0.1, 0.15) is 6.04 Å². The Morgan fingerprint density at radius 1 is 1.08 bits per heavy atom. The maximum Gasteiger partial charge on any atom is 0.416 e. The summed E-state index contributed by atoms with van der Waals surface area (Å²) in [5, 5.41) is 0. The number of hydrogen-bond donors (Lipinski definition) is 1. The molecular formula is C25H23F6N3O2. The van der Waals surface area contributed by atoms with Gasteiger partial charge in [-0.05, 0) is 43.0 Å². The zero-order valence-electron chi connectivity index (χ0n) is 19.2. The van der Waals surface area contributed by atoms with E-state index >= 15 is 0 Å². The van der Waals surface area contributed by atoms with Crippen molar-refractivity contribution in [3.05, 3.63) is 64.7 Å². The Kier molecular flexibility index (Phi) is 6.61. The van der Waals surface area contributed by atoms with E-state index < -0.39 is 52.8 Å². The first-order chi connectivity index (χ1) is 16.8. The highest BCUT2D eigenvalue weighted by atomic mass is 19.4. The van der Waals surface area contributed by atoms with Crippen molar-refractivity contribution in [2.45, 2.75) is 50.5 Å². The number of benzene rings is 2. The van der Waals surface area contributed by atoms with Crippen molar-refractivity contribution < 1.29 is 35.9 Å². The van der Waals surface area contributed by atoms with Crippen molar-refractivity contribution in [3.8, 4) is 0 Å². The normalized spacial score (nSPS) is 19.4. The van der Waals surface area contributed by atoms with E-state index in [1.807, 2.05) is 6.92 Å². The molecule has 0 aromatic heterocycles. The minimum absolute atomic E-state index is 0.0498. The highest BCUT2D eigenvalue weighted by molar-refractivity contribution is 6.15. The number of aliphatic imine (C=N–C) groups is 1. The Hall–Kier alpha value is -3.37. The Morgan fingerprint density at radius 2 is 1.75 bits per heavy atom. The fourth-order valence-corrected chi connectivity index (χ4v) is 4.56. The minimum atomic E-state index is -5.24. The van der Waals surface area contributed by atoms with Crippen LogP contribution in [0, 0.1) is 5.92 Å². The van der Waals surface area contributed by atoms with Gasteiger partial charge in [-0.3, -0.25) is 14.6 Å². The number of nitrogens with two attached hydrogens (primary N) is 1. The van der Waals surface area contributed by atoms with Gasteiger partial charge in [-0.25, -0.2) is 0 Å². The van der Waals surface area contributed by atoms with Crippen molar-refractivity contribution >= 4 is 23.2 Å². The largest absolute Gasteiger partial charge is 0.416 e. The van der Waals surface area contributed by atoms with E-state index in [1.54, 1.807) is 24.3 Å². The zero-order valence-corrected chi connectivity index (χ0v) is 19.2. The second-order valence-corrected chi connectivity index (χ2v) is 8.92. The van der Waals surface area contributed by atoms with E-state index in [4.69, 9.17) is 5.73 Å². The van der Waals surface area contributed by atoms with Crippen LogP contribution in [0.5, 0.6) is 0 Å². The summed E-state index contributed by atoms with van der Waals surface area (Å²) >= 11 is 0. The van der Waals surface area contributed by atoms with Crippen LogP contribution in [0.1, 0.15) is 54.4 Å². The molecule has 0 bridgehead atoms. The molecular weight excluding hydrogens is 488 g/mol. The summed E-state index contributed by atoms with van der Waals surface area (Å²) in [6.45, 7) is 2.01. The summed E-state index contributed by atoms with van der Waals surface area (Å²) in [7, 11) is 0. The van der Waals surface area contributed by atoms with Gasteiger partial charge < -0.3 is 10.6 Å². The van der Waals surface area contributed by atoms with Gasteiger partial charge in [0.25, 0.3) is 5.91 Å². The molecule has 2 aliphatic rings. The molecule has 192 valence electrons. The molecule has 1 fully saturated rings. The SMILES string of the molecule is CCCN1C(=O)C(C(C(N)=O)c2ccc(C(F)(F)F)cc2C(F)(F)F)N=C(C2CC2)c2ccccc21. The van der Waals surface area contributed by atoms with Gasteiger partial charge >= 0.3 is 12.4 Å². The lowest BCUT2D eigenvalue weighted by atomic mass is 9.85. The van der Waals surface area contributed by atoms with Crippen LogP contribution in [0.3, 0.4) is 0 Å². The van der Waals surface area contributed by atoms with Crippen LogP contribution in [-0.2, 0) is 21.9 Å². The number of alkyl halides is 6. The van der Waals surface area contributed by atoms with Crippen LogP contribution in [-0.4, -0.2) is 30.1 Å². The predicted octanol–water partition coefficient (Wildman–Crippen LogP) is 5.32. The quantitative estimate of drug-likeness (QED) is 0.534. The number of para-hydroxylation sites is 1. The van der Waals surface area contributed by atoms with Gasteiger partial charge in [0.2, 0.25) is 5.91 Å². The Balaban J connectivity index is 1.94. The lowest BCUT2D eigenvalue weighted by molar-refractivity contribution is -0.143. The molecule has 2 atom stereocenters. The topological polar surface area (TPSA) is 75.8 Å². The third-order valence-electron chi connectivity index (χ3n) is 6.32. The summed E-state index contributed by atoms with van der Waals surface area (Å²) in [5.41, 5.74) is 3.15. The fraction of sp³-hybridized carbons (Fsp3) is 0.400. The van der Waals surface area contributed by atoms with E-state index in [0.29, 0.717) is 35.5 Å². The van der Waals surface area contributed by atoms with Crippen LogP contribution in [0.4, 0.5) is 32.0 Å². The van der Waals surface area contributed by atoms with E-state index in [2.05, 4.69) is 4.99 Å². The monoisotopic (exact) mass is 511 g/mol. The first-order valence-corrected chi connectivity index (χ1v) is 11.4. The van der Waals surface area contributed by atoms with Gasteiger partial charge in [-0.2, -0.15) is 26.3 Å². The zero-order chi connectivity index (χ0) is 26.4. The Labute approximate surface area is 203 Å². The first kappa shape index (κ1) is 25.7. The Morgan fingerprint density at radius 3 is 2.31 bits per heavy atom. The summed E-state index contributed by atoms with van der Waals surface area (Å²) in [6, 6.07) is 6.20. The number of carbonyl (C=O) groups is 2. The highest BCUT2D eigenvalue weighted by Crippen LogP contribution is 2.43. The Bertz CT molecular complexity index is 1220. The fourth-order valence-electron chi connectivity index (χ4n) is 4.56. The number of carbonyl (C=O) groups excluding carboxylic acids is 2. The summed E-state index contributed by atoms with van der Waals surface area (Å²) < 4.78 is 81.5. The van der Waals surface area contributed by atoms with Crippen molar-refractivity contribution in [3.63, 3.8) is 0 Å². The number of hydrogen-bond acceptors (Lipinski definition) is 3. The van der Waals surface area contributed by atoms with Crippen LogP contribution < -0.4 is 10.6 Å². The van der Waals surface area contributed by atoms with Crippen LogP contribution in [0.15, 0.2) is 47.5 Å². The van der Waals surface area contributed by atoms with Crippen LogP contribution in [0.2, 0.25) is 0 Å². The summed E-state index contributed by atoms with van der Waals surface area (Å²) in [4.78, 5) is 32.3. The van der Waals surface area contributed by atoms with Crippen molar-refractivity contribution in [2.75, 3.05) is 11.4 Å². The lowest BCUT2D eigenvalue weighted by Gasteiger charge is -2.29. The third kappa shape index (κ3) is 4.83. The summed E-state index contributed by atoms with van der Waals surface area (Å²) in [6.07, 6.45) is -8.29. The summed E-state index contributed by atoms with van der Waals surface area (Å²) in [5.74, 6) is -4.01.